The van der Waals surface area contributed by atoms with Crippen LogP contribution < -0.4 is 14.4 Å². The van der Waals surface area contributed by atoms with E-state index in [4.69, 9.17) is 9.47 Å². The summed E-state index contributed by atoms with van der Waals surface area (Å²) >= 11 is 8.15. The molecule has 0 radical (unpaired) electrons. The maximum Gasteiger partial charge on any atom is 0.145 e. The lowest BCUT2D eigenvalue weighted by atomic mass is 10.1. The van der Waals surface area contributed by atoms with Gasteiger partial charge in [-0.3, -0.25) is 0 Å². The highest BCUT2D eigenvalue weighted by Crippen LogP contribution is 2.49. The maximum atomic E-state index is 6.81. The number of ether oxygens (including phenoxy) is 2. The van der Waals surface area contributed by atoms with Crippen LogP contribution in [0.5, 0.6) is 23.0 Å². The third kappa shape index (κ3) is 6.54. The third-order valence-corrected chi connectivity index (χ3v) is 12.7. The van der Waals surface area contributed by atoms with Gasteiger partial charge in [0.25, 0.3) is 0 Å². The maximum absolute atomic E-state index is 6.81. The molecule has 0 aliphatic heterocycles. The summed E-state index contributed by atoms with van der Waals surface area (Å²) in [6.45, 7) is 0. The standard InChI is InChI=1S/C54H35Br2N3O2/c55-53-49(58-45-28-14-10-24-41(45)42-25-11-15-29-46(42)58)32-37(34-51(53)60-39-20-6-2-7-21-39)57(36-18-4-1-5-19-36)38-33-50(54(56)52(35-38)61-40-22-8-3-9-23-40)59-47-30-16-12-26-43(47)44-27-13-17-31-48(44)59/h1-35H. The van der Waals surface area contributed by atoms with E-state index in [0.717, 1.165) is 70.9 Å². The molecule has 11 aromatic rings. The summed E-state index contributed by atoms with van der Waals surface area (Å²) in [5.41, 5.74) is 8.97. The van der Waals surface area contributed by atoms with E-state index in [1.165, 1.54) is 21.5 Å². The van der Waals surface area contributed by atoms with Crippen LogP contribution in [-0.2, 0) is 0 Å². The lowest BCUT2D eigenvalue weighted by molar-refractivity contribution is 0.479. The quantitative estimate of drug-likeness (QED) is 0.145. The fourth-order valence-electron chi connectivity index (χ4n) is 8.49. The Morgan fingerprint density at radius 3 is 1.00 bits per heavy atom. The molecule has 0 N–H and O–H groups in total. The van der Waals surface area contributed by atoms with Gasteiger partial charge in [-0.1, -0.05) is 127 Å². The number of anilines is 3. The van der Waals surface area contributed by atoms with Crippen LogP contribution in [0.15, 0.2) is 221 Å². The molecule has 9 aromatic carbocycles. The number of para-hydroxylation sites is 7. The molecular formula is C54H35Br2N3O2. The lowest BCUT2D eigenvalue weighted by Crippen LogP contribution is -2.12. The van der Waals surface area contributed by atoms with Crippen molar-refractivity contribution in [2.24, 2.45) is 0 Å². The SMILES string of the molecule is Brc1c(Oc2ccccc2)cc(N(c2ccccc2)c2cc(Oc3ccccc3)c(Br)c(-n3c4ccccc4c4ccccc43)c2)cc1-n1c2ccccc2c2ccccc21. The van der Waals surface area contributed by atoms with Gasteiger partial charge in [0.1, 0.15) is 23.0 Å². The molecule has 0 aliphatic rings. The van der Waals surface area contributed by atoms with Crippen molar-refractivity contribution in [3.05, 3.63) is 221 Å². The van der Waals surface area contributed by atoms with Crippen LogP contribution in [-0.4, -0.2) is 9.13 Å². The largest absolute Gasteiger partial charge is 0.456 e. The lowest BCUT2D eigenvalue weighted by Gasteiger charge is -2.29. The van der Waals surface area contributed by atoms with E-state index < -0.39 is 0 Å². The molecule has 11 rings (SSSR count). The highest BCUT2D eigenvalue weighted by atomic mass is 79.9. The Kier molecular flexibility index (Phi) is 9.41. The topological polar surface area (TPSA) is 31.6 Å². The summed E-state index contributed by atoms with van der Waals surface area (Å²) in [6.07, 6.45) is 0. The normalized spacial score (nSPS) is 11.4. The highest BCUT2D eigenvalue weighted by Gasteiger charge is 2.25. The summed E-state index contributed by atoms with van der Waals surface area (Å²) in [6, 6.07) is 73.3. The summed E-state index contributed by atoms with van der Waals surface area (Å²) in [7, 11) is 0. The van der Waals surface area contributed by atoms with E-state index >= 15 is 0 Å². The molecule has 0 spiro atoms. The second-order valence-corrected chi connectivity index (χ2v) is 16.4. The number of nitrogens with zero attached hydrogens (tertiary/aromatic N) is 3. The van der Waals surface area contributed by atoms with Gasteiger partial charge < -0.3 is 23.5 Å². The number of halogens is 2. The molecule has 292 valence electrons. The van der Waals surface area contributed by atoms with Gasteiger partial charge in [-0.05, 0) is 105 Å². The van der Waals surface area contributed by atoms with Crippen LogP contribution in [0.2, 0.25) is 0 Å². The zero-order valence-corrected chi connectivity index (χ0v) is 35.8. The molecule has 5 nitrogen and oxygen atoms in total. The van der Waals surface area contributed by atoms with Gasteiger partial charge >= 0.3 is 0 Å². The van der Waals surface area contributed by atoms with Crippen LogP contribution in [0.25, 0.3) is 55.0 Å². The zero-order chi connectivity index (χ0) is 40.9. The van der Waals surface area contributed by atoms with Crippen LogP contribution in [0.1, 0.15) is 0 Å². The molecule has 2 aromatic heterocycles. The van der Waals surface area contributed by atoms with Crippen LogP contribution in [0.3, 0.4) is 0 Å². The molecule has 0 amide bonds. The summed E-state index contributed by atoms with van der Waals surface area (Å²) in [5.74, 6) is 2.80. The average Bonchev–Trinajstić information content (AvgIpc) is 3.82. The van der Waals surface area contributed by atoms with Gasteiger partial charge in [0.15, 0.2) is 0 Å². The number of aromatic nitrogens is 2. The van der Waals surface area contributed by atoms with Gasteiger partial charge in [0, 0.05) is 39.4 Å². The predicted octanol–water partition coefficient (Wildman–Crippen LogP) is 16.5. The first-order valence-electron chi connectivity index (χ1n) is 20.1. The van der Waals surface area contributed by atoms with Crippen molar-refractivity contribution in [3.63, 3.8) is 0 Å². The monoisotopic (exact) mass is 915 g/mol. The van der Waals surface area contributed by atoms with Crippen molar-refractivity contribution in [2.45, 2.75) is 0 Å². The second kappa shape index (κ2) is 15.5. The zero-order valence-electron chi connectivity index (χ0n) is 32.6. The average molecular weight is 918 g/mol. The Morgan fingerprint density at radius 2 is 0.639 bits per heavy atom. The first-order chi connectivity index (χ1) is 30.1. The van der Waals surface area contributed by atoms with Crippen molar-refractivity contribution in [3.8, 4) is 34.4 Å². The molecule has 0 atom stereocenters. The van der Waals surface area contributed by atoms with Crippen LogP contribution >= 0.6 is 31.9 Å². The number of hydrogen-bond acceptors (Lipinski definition) is 3. The molecule has 0 fully saturated rings. The summed E-state index contributed by atoms with van der Waals surface area (Å²) in [5, 5.41) is 4.69. The van der Waals surface area contributed by atoms with Crippen molar-refractivity contribution >= 4 is 92.5 Å². The fraction of sp³-hybridized carbons (Fsp3) is 0. The van der Waals surface area contributed by atoms with Gasteiger partial charge in [-0.2, -0.15) is 0 Å². The minimum atomic E-state index is 0.669. The first-order valence-corrected chi connectivity index (χ1v) is 21.6. The van der Waals surface area contributed by atoms with E-state index in [1.807, 2.05) is 66.7 Å². The molecule has 7 heteroatoms. The minimum absolute atomic E-state index is 0.669. The van der Waals surface area contributed by atoms with Gasteiger partial charge in [0.2, 0.25) is 0 Å². The molecule has 61 heavy (non-hydrogen) atoms. The van der Waals surface area contributed by atoms with E-state index in [2.05, 4.69) is 191 Å². The Labute approximate surface area is 369 Å². The number of hydrogen-bond donors (Lipinski definition) is 0. The van der Waals surface area contributed by atoms with E-state index in [1.54, 1.807) is 0 Å². The van der Waals surface area contributed by atoms with Crippen molar-refractivity contribution in [1.29, 1.82) is 0 Å². The minimum Gasteiger partial charge on any atom is -0.456 e. The Hall–Kier alpha value is -7.06. The number of benzene rings is 9. The Morgan fingerprint density at radius 1 is 0.328 bits per heavy atom. The summed E-state index contributed by atoms with van der Waals surface area (Å²) in [4.78, 5) is 2.28. The predicted molar refractivity (Wildman–Crippen MR) is 258 cm³/mol. The fourth-order valence-corrected chi connectivity index (χ4v) is 9.46. The molecule has 0 saturated carbocycles. The van der Waals surface area contributed by atoms with Gasteiger partial charge in [0.05, 0.1) is 53.8 Å². The summed E-state index contributed by atoms with van der Waals surface area (Å²) < 4.78 is 19.9. The van der Waals surface area contributed by atoms with E-state index in [0.29, 0.717) is 11.5 Å². The van der Waals surface area contributed by atoms with Gasteiger partial charge in [-0.15, -0.1) is 0 Å². The number of rotatable bonds is 9. The first kappa shape index (κ1) is 37.0. The Bertz CT molecular complexity index is 3080. The molecule has 0 unspecified atom stereocenters. The third-order valence-electron chi connectivity index (χ3n) is 11.1. The smallest absolute Gasteiger partial charge is 0.145 e. The highest BCUT2D eigenvalue weighted by molar-refractivity contribution is 9.11. The van der Waals surface area contributed by atoms with Crippen molar-refractivity contribution < 1.29 is 9.47 Å². The molecule has 2 heterocycles. The molecular weight excluding hydrogens is 882 g/mol. The Balaban J connectivity index is 1.22. The van der Waals surface area contributed by atoms with E-state index in [9.17, 15) is 0 Å². The van der Waals surface area contributed by atoms with Gasteiger partial charge in [-0.25, -0.2) is 0 Å². The number of fused-ring (bicyclic) bond motifs is 6. The second-order valence-electron chi connectivity index (χ2n) is 14.8. The van der Waals surface area contributed by atoms with Crippen molar-refractivity contribution in [2.75, 3.05) is 4.90 Å². The molecule has 0 aliphatic carbocycles. The van der Waals surface area contributed by atoms with Crippen LogP contribution in [0, 0.1) is 0 Å². The van der Waals surface area contributed by atoms with Crippen molar-refractivity contribution in [1.82, 2.24) is 9.13 Å². The molecule has 0 bridgehead atoms. The van der Waals surface area contributed by atoms with E-state index in [-0.39, 0.29) is 0 Å². The van der Waals surface area contributed by atoms with Crippen LogP contribution in [0.4, 0.5) is 17.1 Å². The molecule has 0 saturated heterocycles.